The van der Waals surface area contributed by atoms with E-state index in [0.29, 0.717) is 30.9 Å². The van der Waals surface area contributed by atoms with Crippen LogP contribution in [0.25, 0.3) is 6.08 Å². The zero-order valence-electron chi connectivity index (χ0n) is 16.0. The summed E-state index contributed by atoms with van der Waals surface area (Å²) in [4.78, 5) is 24.5. The second-order valence-electron chi connectivity index (χ2n) is 6.77. The number of aromatic nitrogens is 2. The van der Waals surface area contributed by atoms with Gasteiger partial charge in [-0.25, -0.2) is 4.79 Å². The molecule has 1 fully saturated rings. The summed E-state index contributed by atoms with van der Waals surface area (Å²) in [6, 6.07) is 4.88. The molecule has 1 atom stereocenters. The molecular formula is C19H22N4O5. The van der Waals surface area contributed by atoms with Crippen molar-refractivity contribution in [3.05, 3.63) is 57.9 Å². The SMILES string of the molecule is COC(=O)/C=C/c1ccc(N2CCOC(C)(c3cnn(C)c3)C2)c([N+](=O)[O-])c1. The number of methoxy groups -OCH3 is 1. The number of nitro groups is 1. The van der Waals surface area contributed by atoms with Crippen molar-refractivity contribution < 1.29 is 19.2 Å². The molecule has 0 radical (unpaired) electrons. The van der Waals surface area contributed by atoms with Gasteiger partial charge >= 0.3 is 5.97 Å². The third-order valence-corrected chi connectivity index (χ3v) is 4.74. The van der Waals surface area contributed by atoms with Crippen molar-refractivity contribution in [2.75, 3.05) is 31.7 Å². The van der Waals surface area contributed by atoms with Gasteiger partial charge in [-0.3, -0.25) is 14.8 Å². The minimum Gasteiger partial charge on any atom is -0.466 e. The zero-order chi connectivity index (χ0) is 20.3. The Morgan fingerprint density at radius 1 is 1.46 bits per heavy atom. The number of rotatable bonds is 5. The average Bonchev–Trinajstić information content (AvgIpc) is 3.13. The topological polar surface area (TPSA) is 99.7 Å². The van der Waals surface area contributed by atoms with Crippen LogP contribution in [0.4, 0.5) is 11.4 Å². The summed E-state index contributed by atoms with van der Waals surface area (Å²) in [6.07, 6.45) is 6.35. The first-order chi connectivity index (χ1) is 13.3. The molecule has 2 aromatic rings. The third-order valence-electron chi connectivity index (χ3n) is 4.74. The lowest BCUT2D eigenvalue weighted by Gasteiger charge is -2.41. The Labute approximate surface area is 162 Å². The fourth-order valence-corrected chi connectivity index (χ4v) is 3.23. The quantitative estimate of drug-likeness (QED) is 0.336. The van der Waals surface area contributed by atoms with Crippen LogP contribution in [0.15, 0.2) is 36.7 Å². The molecule has 1 aliphatic heterocycles. The predicted octanol–water partition coefficient (Wildman–Crippen LogP) is 2.27. The summed E-state index contributed by atoms with van der Waals surface area (Å²) in [6.45, 7) is 3.38. The molecule has 1 unspecified atom stereocenters. The normalized spacial score (nSPS) is 19.8. The van der Waals surface area contributed by atoms with Crippen molar-refractivity contribution in [1.82, 2.24) is 9.78 Å². The van der Waals surface area contributed by atoms with Crippen molar-refractivity contribution in [1.29, 1.82) is 0 Å². The van der Waals surface area contributed by atoms with Crippen molar-refractivity contribution >= 4 is 23.4 Å². The van der Waals surface area contributed by atoms with Gasteiger partial charge in [-0.05, 0) is 24.6 Å². The highest BCUT2D eigenvalue weighted by atomic mass is 16.6. The molecule has 9 nitrogen and oxygen atoms in total. The highest BCUT2D eigenvalue weighted by Crippen LogP contribution is 2.36. The number of esters is 1. The Hall–Kier alpha value is -3.20. The summed E-state index contributed by atoms with van der Waals surface area (Å²) in [5.74, 6) is -0.521. The fraction of sp³-hybridized carbons (Fsp3) is 0.368. The third kappa shape index (κ3) is 4.04. The molecule has 3 rings (SSSR count). The van der Waals surface area contributed by atoms with Gasteiger partial charge in [0.1, 0.15) is 11.3 Å². The number of carbonyl (C=O) groups is 1. The van der Waals surface area contributed by atoms with E-state index in [-0.39, 0.29) is 5.69 Å². The van der Waals surface area contributed by atoms with E-state index in [1.807, 2.05) is 25.1 Å². The van der Waals surface area contributed by atoms with Crippen molar-refractivity contribution in [2.24, 2.45) is 7.05 Å². The number of nitrogens with zero attached hydrogens (tertiary/aromatic N) is 4. The maximum Gasteiger partial charge on any atom is 0.330 e. The van der Waals surface area contributed by atoms with Gasteiger partial charge < -0.3 is 14.4 Å². The Kier molecular flexibility index (Phi) is 5.46. The number of benzene rings is 1. The van der Waals surface area contributed by atoms with Crippen LogP contribution in [-0.4, -0.2) is 47.5 Å². The molecule has 1 saturated heterocycles. The number of nitro benzene ring substituents is 1. The maximum atomic E-state index is 11.7. The van der Waals surface area contributed by atoms with Crippen LogP contribution in [-0.2, 0) is 26.9 Å². The molecule has 0 aliphatic carbocycles. The standard InChI is InChI=1S/C19H22N4O5/c1-19(15-11-20-21(2)12-15)13-22(8-9-28-19)16-6-4-14(5-7-18(24)27-3)10-17(16)23(25)26/h4-7,10-12H,8-9,13H2,1-3H3/b7-5+. The van der Waals surface area contributed by atoms with Crippen molar-refractivity contribution in [3.8, 4) is 0 Å². The molecule has 1 aliphatic rings. The molecule has 1 aromatic carbocycles. The number of morpholine rings is 1. The minimum atomic E-state index is -0.621. The Balaban J connectivity index is 1.90. The molecular weight excluding hydrogens is 364 g/mol. The van der Waals surface area contributed by atoms with Crippen molar-refractivity contribution in [3.63, 3.8) is 0 Å². The van der Waals surface area contributed by atoms with E-state index in [0.717, 1.165) is 5.56 Å². The molecule has 0 saturated carbocycles. The number of carbonyl (C=O) groups excluding carboxylic acids is 1. The lowest BCUT2D eigenvalue weighted by molar-refractivity contribution is -0.384. The van der Waals surface area contributed by atoms with Gasteiger partial charge in [-0.1, -0.05) is 6.07 Å². The summed E-state index contributed by atoms with van der Waals surface area (Å²) < 4.78 is 12.2. The highest BCUT2D eigenvalue weighted by molar-refractivity contribution is 5.87. The van der Waals surface area contributed by atoms with Gasteiger partial charge in [0.2, 0.25) is 0 Å². The van der Waals surface area contributed by atoms with E-state index in [4.69, 9.17) is 4.74 Å². The highest BCUT2D eigenvalue weighted by Gasteiger charge is 2.36. The average molecular weight is 386 g/mol. The Bertz CT molecular complexity index is 923. The first-order valence-corrected chi connectivity index (χ1v) is 8.75. The number of anilines is 1. The zero-order valence-corrected chi connectivity index (χ0v) is 16.0. The molecule has 0 spiro atoms. The largest absolute Gasteiger partial charge is 0.466 e. The maximum absolute atomic E-state index is 11.7. The van der Waals surface area contributed by atoms with E-state index in [1.165, 1.54) is 25.3 Å². The molecule has 2 heterocycles. The van der Waals surface area contributed by atoms with Gasteiger partial charge in [0.25, 0.3) is 5.69 Å². The van der Waals surface area contributed by atoms with E-state index in [1.54, 1.807) is 23.0 Å². The fourth-order valence-electron chi connectivity index (χ4n) is 3.23. The van der Waals surface area contributed by atoms with Crippen molar-refractivity contribution in [2.45, 2.75) is 12.5 Å². The summed E-state index contributed by atoms with van der Waals surface area (Å²) in [7, 11) is 3.11. The van der Waals surface area contributed by atoms with E-state index in [9.17, 15) is 14.9 Å². The smallest absolute Gasteiger partial charge is 0.330 e. The predicted molar refractivity (Wildman–Crippen MR) is 103 cm³/mol. The first-order valence-electron chi connectivity index (χ1n) is 8.75. The van der Waals surface area contributed by atoms with Crippen LogP contribution >= 0.6 is 0 Å². The summed E-state index contributed by atoms with van der Waals surface area (Å²) >= 11 is 0. The van der Waals surface area contributed by atoms with Crippen LogP contribution in [0.2, 0.25) is 0 Å². The Morgan fingerprint density at radius 2 is 2.25 bits per heavy atom. The van der Waals surface area contributed by atoms with Crippen LogP contribution in [0.1, 0.15) is 18.1 Å². The lowest BCUT2D eigenvalue weighted by Crippen LogP contribution is -2.48. The van der Waals surface area contributed by atoms with Gasteiger partial charge in [-0.2, -0.15) is 5.10 Å². The van der Waals surface area contributed by atoms with Gasteiger partial charge in [0.15, 0.2) is 0 Å². The minimum absolute atomic E-state index is 0.0255. The number of hydrogen-bond acceptors (Lipinski definition) is 7. The van der Waals surface area contributed by atoms with Crippen LogP contribution < -0.4 is 4.90 Å². The van der Waals surface area contributed by atoms with E-state index < -0.39 is 16.5 Å². The Morgan fingerprint density at radius 3 is 2.89 bits per heavy atom. The van der Waals surface area contributed by atoms with E-state index >= 15 is 0 Å². The molecule has 0 bridgehead atoms. The van der Waals surface area contributed by atoms with Crippen LogP contribution in [0.5, 0.6) is 0 Å². The number of ether oxygens (including phenoxy) is 2. The van der Waals surface area contributed by atoms with Gasteiger partial charge in [-0.15, -0.1) is 0 Å². The molecule has 28 heavy (non-hydrogen) atoms. The van der Waals surface area contributed by atoms with Crippen LogP contribution in [0, 0.1) is 10.1 Å². The van der Waals surface area contributed by atoms with Gasteiger partial charge in [0.05, 0.1) is 31.4 Å². The second-order valence-corrected chi connectivity index (χ2v) is 6.77. The molecule has 0 amide bonds. The lowest BCUT2D eigenvalue weighted by atomic mass is 9.96. The molecule has 1 aromatic heterocycles. The monoisotopic (exact) mass is 386 g/mol. The first kappa shape index (κ1) is 19.6. The second kappa shape index (κ2) is 7.81. The molecule has 148 valence electrons. The molecule has 9 heteroatoms. The van der Waals surface area contributed by atoms with Crippen LogP contribution in [0.3, 0.4) is 0 Å². The van der Waals surface area contributed by atoms with Gasteiger partial charge in [0, 0.05) is 37.5 Å². The summed E-state index contributed by atoms with van der Waals surface area (Å²) in [5.41, 5.74) is 1.33. The van der Waals surface area contributed by atoms with E-state index in [2.05, 4.69) is 9.84 Å². The number of aryl methyl sites for hydroxylation is 1. The number of hydrogen-bond donors (Lipinski definition) is 0. The molecule has 0 N–H and O–H groups in total. The summed E-state index contributed by atoms with van der Waals surface area (Å²) in [5, 5.41) is 15.9.